The molecule has 2 aromatic heterocycles. The molecule has 0 spiro atoms. The molecule has 100 valence electrons. The fourth-order valence-electron chi connectivity index (χ4n) is 1.54. The van der Waals surface area contributed by atoms with Gasteiger partial charge in [-0.15, -0.1) is 0 Å². The first kappa shape index (κ1) is 13.7. The third-order valence-corrected chi connectivity index (χ3v) is 2.44. The average molecular weight is 267 g/mol. The summed E-state index contributed by atoms with van der Waals surface area (Å²) in [5.41, 5.74) is 1.58. The lowest BCUT2D eigenvalue weighted by atomic mass is 10.1. The van der Waals surface area contributed by atoms with Crippen LogP contribution in [0.15, 0.2) is 43.0 Å². The van der Waals surface area contributed by atoms with Crippen molar-refractivity contribution in [3.05, 3.63) is 54.1 Å². The van der Waals surface area contributed by atoms with Gasteiger partial charge in [0.1, 0.15) is 0 Å². The highest BCUT2D eigenvalue weighted by atomic mass is 16.2. The van der Waals surface area contributed by atoms with Gasteiger partial charge in [0.05, 0.1) is 29.6 Å². The number of rotatable bonds is 3. The van der Waals surface area contributed by atoms with E-state index in [0.717, 1.165) is 0 Å². The Bertz CT molecular complexity index is 645. The van der Waals surface area contributed by atoms with Crippen LogP contribution in [0.3, 0.4) is 0 Å². The van der Waals surface area contributed by atoms with Gasteiger partial charge in [-0.1, -0.05) is 11.8 Å². The first-order valence-electron chi connectivity index (χ1n) is 6.06. The molecule has 0 atom stereocenters. The van der Waals surface area contributed by atoms with Gasteiger partial charge in [0.15, 0.2) is 0 Å². The fraction of sp³-hybridized carbons (Fsp3) is 0.133. The second-order valence-electron chi connectivity index (χ2n) is 3.89. The van der Waals surface area contributed by atoms with Crippen LogP contribution in [0.25, 0.3) is 0 Å². The van der Waals surface area contributed by atoms with Crippen LogP contribution in [0.1, 0.15) is 22.3 Å². The molecule has 0 bridgehead atoms. The minimum absolute atomic E-state index is 0.00945. The third-order valence-electron chi connectivity index (χ3n) is 2.44. The zero-order chi connectivity index (χ0) is 14.2. The highest BCUT2D eigenvalue weighted by Gasteiger charge is 2.10. The summed E-state index contributed by atoms with van der Waals surface area (Å²) in [6.07, 6.45) is 6.63. The largest absolute Gasteiger partial charge is 0.395 e. The average Bonchev–Trinajstić information content (AvgIpc) is 2.49. The smallest absolute Gasteiger partial charge is 0.257 e. The molecule has 0 saturated carbocycles. The molecule has 5 heteroatoms. The lowest BCUT2D eigenvalue weighted by Crippen LogP contribution is -2.13. The molecule has 0 aliphatic rings. The van der Waals surface area contributed by atoms with Crippen molar-refractivity contribution in [3.63, 3.8) is 0 Å². The molecule has 2 N–H and O–H groups in total. The van der Waals surface area contributed by atoms with E-state index in [1.54, 1.807) is 30.6 Å². The van der Waals surface area contributed by atoms with Gasteiger partial charge in [-0.3, -0.25) is 14.8 Å². The summed E-state index contributed by atoms with van der Waals surface area (Å²) < 4.78 is 0. The minimum atomic E-state index is -0.270. The minimum Gasteiger partial charge on any atom is -0.395 e. The molecule has 0 aromatic carbocycles. The molecule has 0 fully saturated rings. The summed E-state index contributed by atoms with van der Waals surface area (Å²) in [6.45, 7) is -0.00945. The van der Waals surface area contributed by atoms with Crippen molar-refractivity contribution in [2.45, 2.75) is 6.42 Å². The van der Waals surface area contributed by atoms with Crippen LogP contribution in [-0.2, 0) is 0 Å². The van der Waals surface area contributed by atoms with Gasteiger partial charge in [0.25, 0.3) is 5.91 Å². The summed E-state index contributed by atoms with van der Waals surface area (Å²) in [6, 6.07) is 5.10. The van der Waals surface area contributed by atoms with Crippen molar-refractivity contribution in [2.24, 2.45) is 0 Å². The van der Waals surface area contributed by atoms with E-state index in [0.29, 0.717) is 23.2 Å². The number of nitrogens with one attached hydrogen (secondary N) is 1. The zero-order valence-electron chi connectivity index (χ0n) is 10.7. The number of aliphatic hydroxyl groups excluding tert-OH is 1. The predicted molar refractivity (Wildman–Crippen MR) is 75.0 cm³/mol. The number of aliphatic hydroxyl groups is 1. The number of carbonyl (C=O) groups is 1. The third kappa shape index (κ3) is 3.64. The summed E-state index contributed by atoms with van der Waals surface area (Å²) in [5, 5.41) is 11.5. The summed E-state index contributed by atoms with van der Waals surface area (Å²) in [5.74, 6) is 5.34. The van der Waals surface area contributed by atoms with E-state index in [1.165, 1.54) is 12.4 Å². The quantitative estimate of drug-likeness (QED) is 0.826. The van der Waals surface area contributed by atoms with Crippen LogP contribution in [0.2, 0.25) is 0 Å². The second kappa shape index (κ2) is 7.02. The van der Waals surface area contributed by atoms with E-state index in [1.807, 2.05) is 0 Å². The Morgan fingerprint density at radius 2 is 2.10 bits per heavy atom. The SMILES string of the molecule is O=C(Nc1cccnc1)c1ccncc1C#CCCO. The molecule has 0 radical (unpaired) electrons. The Morgan fingerprint density at radius 3 is 2.85 bits per heavy atom. The number of aromatic nitrogens is 2. The van der Waals surface area contributed by atoms with E-state index >= 15 is 0 Å². The van der Waals surface area contributed by atoms with Gasteiger partial charge in [0.2, 0.25) is 0 Å². The van der Waals surface area contributed by atoms with Crippen LogP contribution >= 0.6 is 0 Å². The fourth-order valence-corrected chi connectivity index (χ4v) is 1.54. The van der Waals surface area contributed by atoms with Gasteiger partial charge >= 0.3 is 0 Å². The molecule has 0 aliphatic carbocycles. The van der Waals surface area contributed by atoms with Gasteiger partial charge in [-0.05, 0) is 18.2 Å². The number of hydrogen-bond donors (Lipinski definition) is 2. The van der Waals surface area contributed by atoms with Crippen LogP contribution in [0.4, 0.5) is 5.69 Å². The van der Waals surface area contributed by atoms with Crippen molar-refractivity contribution in [1.29, 1.82) is 0 Å². The number of hydrogen-bond acceptors (Lipinski definition) is 4. The van der Waals surface area contributed by atoms with Gasteiger partial charge in [0, 0.05) is 25.0 Å². The molecule has 20 heavy (non-hydrogen) atoms. The normalized spacial score (nSPS) is 9.45. The lowest BCUT2D eigenvalue weighted by molar-refractivity contribution is 0.102. The molecule has 0 unspecified atom stereocenters. The van der Waals surface area contributed by atoms with Gasteiger partial charge in [-0.25, -0.2) is 0 Å². The van der Waals surface area contributed by atoms with E-state index < -0.39 is 0 Å². The van der Waals surface area contributed by atoms with Crippen molar-refractivity contribution in [3.8, 4) is 11.8 Å². The van der Waals surface area contributed by atoms with E-state index in [9.17, 15) is 4.79 Å². The first-order chi connectivity index (χ1) is 9.81. The number of anilines is 1. The highest BCUT2D eigenvalue weighted by molar-refractivity contribution is 6.05. The Hall–Kier alpha value is -2.71. The molecule has 2 rings (SSSR count). The maximum atomic E-state index is 12.2. The Balaban J connectivity index is 2.20. The van der Waals surface area contributed by atoms with E-state index in [4.69, 9.17) is 5.11 Å². The van der Waals surface area contributed by atoms with Crippen LogP contribution in [0, 0.1) is 11.8 Å². The molecular weight excluding hydrogens is 254 g/mol. The zero-order valence-corrected chi connectivity index (χ0v) is 10.7. The summed E-state index contributed by atoms with van der Waals surface area (Å²) in [7, 11) is 0. The maximum absolute atomic E-state index is 12.2. The Morgan fingerprint density at radius 1 is 1.25 bits per heavy atom. The van der Waals surface area contributed by atoms with Crippen molar-refractivity contribution in [2.75, 3.05) is 11.9 Å². The van der Waals surface area contributed by atoms with Gasteiger partial charge in [-0.2, -0.15) is 0 Å². The highest BCUT2D eigenvalue weighted by Crippen LogP contribution is 2.10. The van der Waals surface area contributed by atoms with Crippen molar-refractivity contribution >= 4 is 11.6 Å². The predicted octanol–water partition coefficient (Wildman–Crippen LogP) is 1.46. The number of pyridine rings is 2. The monoisotopic (exact) mass is 267 g/mol. The standard InChI is InChI=1S/C15H13N3O2/c19-9-2-1-4-12-10-17-8-6-14(12)15(20)18-13-5-3-7-16-11-13/h3,5-8,10-11,19H,2,9H2,(H,18,20). The molecule has 2 aromatic rings. The van der Waals surface area contributed by atoms with Crippen molar-refractivity contribution in [1.82, 2.24) is 9.97 Å². The van der Waals surface area contributed by atoms with E-state index in [2.05, 4.69) is 27.1 Å². The maximum Gasteiger partial charge on any atom is 0.257 e. The summed E-state index contributed by atoms with van der Waals surface area (Å²) >= 11 is 0. The number of nitrogens with zero attached hydrogens (tertiary/aromatic N) is 2. The van der Waals surface area contributed by atoms with Crippen LogP contribution < -0.4 is 5.32 Å². The Labute approximate surface area is 116 Å². The molecule has 2 heterocycles. The van der Waals surface area contributed by atoms with Crippen LogP contribution in [-0.4, -0.2) is 27.6 Å². The Kier molecular flexibility index (Phi) is 4.81. The topological polar surface area (TPSA) is 75.1 Å². The molecule has 0 aliphatic heterocycles. The lowest BCUT2D eigenvalue weighted by Gasteiger charge is -2.05. The van der Waals surface area contributed by atoms with Crippen molar-refractivity contribution < 1.29 is 9.90 Å². The molecule has 5 nitrogen and oxygen atoms in total. The van der Waals surface area contributed by atoms with E-state index in [-0.39, 0.29) is 12.5 Å². The summed E-state index contributed by atoms with van der Waals surface area (Å²) in [4.78, 5) is 20.1. The van der Waals surface area contributed by atoms with Gasteiger partial charge < -0.3 is 10.4 Å². The second-order valence-corrected chi connectivity index (χ2v) is 3.89. The first-order valence-corrected chi connectivity index (χ1v) is 6.06. The number of amides is 1. The molecular formula is C15H13N3O2. The van der Waals surface area contributed by atoms with Crippen LogP contribution in [0.5, 0.6) is 0 Å². The number of carbonyl (C=O) groups excluding carboxylic acids is 1. The molecule has 1 amide bonds. The molecule has 0 saturated heterocycles.